The lowest BCUT2D eigenvalue weighted by molar-refractivity contribution is 0.370. The van der Waals surface area contributed by atoms with Gasteiger partial charge in [0.15, 0.2) is 11.2 Å². The molecule has 0 amide bonds. The van der Waals surface area contributed by atoms with Crippen LogP contribution in [0.5, 0.6) is 0 Å². The zero-order chi connectivity index (χ0) is 25.4. The van der Waals surface area contributed by atoms with Crippen molar-refractivity contribution in [3.63, 3.8) is 0 Å². The van der Waals surface area contributed by atoms with Gasteiger partial charge in [0.25, 0.3) is 0 Å². The first kappa shape index (κ1) is 30.9. The van der Waals surface area contributed by atoms with Crippen molar-refractivity contribution in [2.45, 2.75) is 72.3 Å². The zero-order valence-electron chi connectivity index (χ0n) is 21.5. The number of nitrogens with zero attached hydrogens (tertiary/aromatic N) is 2. The summed E-state index contributed by atoms with van der Waals surface area (Å²) in [5.41, 5.74) is 4.41. The SMILES string of the molecule is C=C/C(C)=C\C(=C/C)c1cc(C2CCC(NS(=O)N(C)C)CC2)[nH]n1.C=C/C=C(\C)F.CC. The van der Waals surface area contributed by atoms with Crippen LogP contribution in [0.1, 0.15) is 77.6 Å². The van der Waals surface area contributed by atoms with E-state index < -0.39 is 11.2 Å². The topological polar surface area (TPSA) is 61.0 Å². The molecule has 0 aliphatic heterocycles. The van der Waals surface area contributed by atoms with E-state index in [0.717, 1.165) is 42.5 Å². The summed E-state index contributed by atoms with van der Waals surface area (Å²) in [5.74, 6) is 0.291. The van der Waals surface area contributed by atoms with Crippen molar-refractivity contribution in [2.24, 2.45) is 0 Å². The van der Waals surface area contributed by atoms with Gasteiger partial charge in [-0.3, -0.25) is 5.10 Å². The van der Waals surface area contributed by atoms with Crippen molar-refractivity contribution < 1.29 is 8.60 Å². The monoisotopic (exact) mass is 478 g/mol. The van der Waals surface area contributed by atoms with Crippen LogP contribution < -0.4 is 4.72 Å². The lowest BCUT2D eigenvalue weighted by Gasteiger charge is -2.28. The molecule has 1 saturated carbocycles. The van der Waals surface area contributed by atoms with Crippen LogP contribution in [0, 0.1) is 0 Å². The Balaban J connectivity index is 0.00000111. The Morgan fingerprint density at radius 2 is 1.85 bits per heavy atom. The summed E-state index contributed by atoms with van der Waals surface area (Å²) < 4.78 is 28.3. The molecule has 2 rings (SSSR count). The number of aromatic nitrogens is 2. The Hall–Kier alpha value is -2.09. The second kappa shape index (κ2) is 17.4. The second-order valence-corrected chi connectivity index (χ2v) is 9.23. The molecule has 1 atom stereocenters. The van der Waals surface area contributed by atoms with E-state index in [1.807, 2.05) is 47.9 Å². The Morgan fingerprint density at radius 1 is 1.24 bits per heavy atom. The number of aromatic amines is 1. The van der Waals surface area contributed by atoms with Crippen molar-refractivity contribution in [1.29, 1.82) is 0 Å². The molecule has 5 nitrogen and oxygen atoms in total. The Kier molecular flexibility index (Phi) is 16.3. The molecule has 33 heavy (non-hydrogen) atoms. The first-order valence-electron chi connectivity index (χ1n) is 11.5. The molecule has 186 valence electrons. The largest absolute Gasteiger partial charge is 0.282 e. The molecular weight excluding hydrogens is 435 g/mol. The van der Waals surface area contributed by atoms with Gasteiger partial charge in [-0.1, -0.05) is 56.9 Å². The highest BCUT2D eigenvalue weighted by atomic mass is 32.2. The lowest BCUT2D eigenvalue weighted by Crippen LogP contribution is -2.39. The highest BCUT2D eigenvalue weighted by Crippen LogP contribution is 2.33. The van der Waals surface area contributed by atoms with E-state index in [0.29, 0.717) is 12.0 Å². The predicted octanol–water partition coefficient (Wildman–Crippen LogP) is 6.77. The molecule has 0 spiro atoms. The normalized spacial score (nSPS) is 20.2. The Bertz CT molecular complexity index is 827. The maximum atomic E-state index is 11.9. The van der Waals surface area contributed by atoms with E-state index >= 15 is 0 Å². The van der Waals surface area contributed by atoms with E-state index in [-0.39, 0.29) is 5.83 Å². The summed E-state index contributed by atoms with van der Waals surface area (Å²) in [6, 6.07) is 2.49. The summed E-state index contributed by atoms with van der Waals surface area (Å²) >= 11 is -1.09. The molecular formula is C26H43FN4OS. The third-order valence-corrected chi connectivity index (χ3v) is 6.22. The van der Waals surface area contributed by atoms with Crippen LogP contribution in [-0.2, 0) is 11.2 Å². The third-order valence-electron chi connectivity index (χ3n) is 5.02. The van der Waals surface area contributed by atoms with Crippen LogP contribution in [0.15, 0.2) is 61.0 Å². The minimum atomic E-state index is -1.09. The van der Waals surface area contributed by atoms with Crippen molar-refractivity contribution >= 4 is 16.7 Å². The van der Waals surface area contributed by atoms with Crippen molar-refractivity contribution in [2.75, 3.05) is 14.1 Å². The number of hydrogen-bond donors (Lipinski definition) is 2. The van der Waals surface area contributed by atoms with E-state index in [2.05, 4.69) is 46.3 Å². The minimum Gasteiger partial charge on any atom is -0.282 e. The molecule has 0 aromatic carbocycles. The number of hydrogen-bond acceptors (Lipinski definition) is 2. The van der Waals surface area contributed by atoms with Crippen LogP contribution in [0.2, 0.25) is 0 Å². The summed E-state index contributed by atoms with van der Waals surface area (Å²) in [5, 5.41) is 7.72. The van der Waals surface area contributed by atoms with Crippen LogP contribution in [0.3, 0.4) is 0 Å². The molecule has 1 aliphatic carbocycles. The van der Waals surface area contributed by atoms with Gasteiger partial charge in [-0.05, 0) is 64.2 Å². The number of rotatable bonds is 8. The summed E-state index contributed by atoms with van der Waals surface area (Å²) in [4.78, 5) is 0. The lowest BCUT2D eigenvalue weighted by atomic mass is 9.84. The van der Waals surface area contributed by atoms with Crippen LogP contribution in [0.25, 0.3) is 5.57 Å². The Morgan fingerprint density at radius 3 is 2.27 bits per heavy atom. The standard InChI is InChI=1S/C19H30N4OS.C5H7F.C2H6/c1-6-14(3)12-15(7-2)18-13-19(21-20-18)16-8-10-17(11-9-16)22-25(24)23(4)5;1-3-4-5(2)6;1-2/h6-7,12-13,16-17,22H,1,8-11H2,2-5H3,(H,20,21);3-4H,1H2,2H3;1-2H3/b14-12-,15-7+;5-4+;. The highest BCUT2D eigenvalue weighted by molar-refractivity contribution is 7.80. The van der Waals surface area contributed by atoms with Crippen molar-refractivity contribution in [3.8, 4) is 0 Å². The third kappa shape index (κ3) is 12.1. The molecule has 2 N–H and O–H groups in total. The number of nitrogens with one attached hydrogen (secondary N) is 2. The summed E-state index contributed by atoms with van der Waals surface area (Å²) in [6.07, 6.45) is 13.0. The first-order valence-corrected chi connectivity index (χ1v) is 12.6. The van der Waals surface area contributed by atoms with E-state index in [1.165, 1.54) is 24.8 Å². The van der Waals surface area contributed by atoms with Crippen LogP contribution in [-0.4, -0.2) is 38.8 Å². The maximum absolute atomic E-state index is 11.9. The van der Waals surface area contributed by atoms with Gasteiger partial charge in [0.2, 0.25) is 0 Å². The van der Waals surface area contributed by atoms with Gasteiger partial charge in [-0.2, -0.15) is 5.10 Å². The molecule has 1 aliphatic rings. The maximum Gasteiger partial charge on any atom is 0.169 e. The first-order chi connectivity index (χ1) is 15.7. The molecule has 0 saturated heterocycles. The molecule has 1 aromatic heterocycles. The van der Waals surface area contributed by atoms with Gasteiger partial charge < -0.3 is 0 Å². The van der Waals surface area contributed by atoms with Gasteiger partial charge in [0.05, 0.1) is 11.5 Å². The molecule has 1 unspecified atom stereocenters. The zero-order valence-corrected chi connectivity index (χ0v) is 22.3. The average Bonchev–Trinajstić information content (AvgIpc) is 3.29. The minimum absolute atomic E-state index is 0.204. The average molecular weight is 479 g/mol. The predicted molar refractivity (Wildman–Crippen MR) is 143 cm³/mol. The van der Waals surface area contributed by atoms with Crippen LogP contribution >= 0.6 is 0 Å². The molecule has 1 fully saturated rings. The molecule has 1 aromatic rings. The molecule has 0 bridgehead atoms. The highest BCUT2D eigenvalue weighted by Gasteiger charge is 2.25. The number of H-pyrrole nitrogens is 1. The smallest absolute Gasteiger partial charge is 0.169 e. The quantitative estimate of drug-likeness (QED) is 0.405. The molecule has 7 heteroatoms. The number of halogens is 1. The number of allylic oxidation sites excluding steroid dienone is 8. The molecule has 1 heterocycles. The van der Waals surface area contributed by atoms with E-state index in [9.17, 15) is 8.60 Å². The fraction of sp³-hybridized carbons (Fsp3) is 0.500. The van der Waals surface area contributed by atoms with Crippen LogP contribution in [0.4, 0.5) is 4.39 Å². The van der Waals surface area contributed by atoms with E-state index in [1.54, 1.807) is 4.31 Å². The fourth-order valence-corrected chi connectivity index (χ4v) is 3.97. The van der Waals surface area contributed by atoms with Crippen molar-refractivity contribution in [3.05, 3.63) is 72.4 Å². The van der Waals surface area contributed by atoms with Gasteiger partial charge in [0, 0.05) is 31.7 Å². The Labute approximate surface area is 203 Å². The van der Waals surface area contributed by atoms with E-state index in [4.69, 9.17) is 0 Å². The van der Waals surface area contributed by atoms with Crippen molar-refractivity contribution in [1.82, 2.24) is 19.2 Å². The van der Waals surface area contributed by atoms with Gasteiger partial charge in [0.1, 0.15) is 0 Å². The second-order valence-electron chi connectivity index (χ2n) is 7.76. The molecule has 0 radical (unpaired) electrons. The van der Waals surface area contributed by atoms with Gasteiger partial charge >= 0.3 is 0 Å². The summed E-state index contributed by atoms with van der Waals surface area (Å²) in [7, 11) is 3.64. The summed E-state index contributed by atoms with van der Waals surface area (Å²) in [6.45, 7) is 16.5. The van der Waals surface area contributed by atoms with Gasteiger partial charge in [-0.25, -0.2) is 17.6 Å². The van der Waals surface area contributed by atoms with Gasteiger partial charge in [-0.15, -0.1) is 0 Å². The fourth-order valence-electron chi connectivity index (χ4n) is 3.24.